The maximum atomic E-state index is 4.25. The fraction of sp³-hybridized carbons (Fsp3) is 0.100. The second-order valence-electron chi connectivity index (χ2n) is 2.78. The highest BCUT2D eigenvalue weighted by Gasteiger charge is 1.98. The van der Waals surface area contributed by atoms with Crippen molar-refractivity contribution in [2.24, 2.45) is 0 Å². The average Bonchev–Trinajstić information content (AvgIpc) is 2.30. The van der Waals surface area contributed by atoms with E-state index >= 15 is 0 Å². The van der Waals surface area contributed by atoms with Gasteiger partial charge in [0.05, 0.1) is 18.1 Å². The highest BCUT2D eigenvalue weighted by molar-refractivity contribution is 5.57. The molecule has 70 valence electrons. The molecule has 4 nitrogen and oxygen atoms in total. The zero-order chi connectivity index (χ0) is 9.80. The van der Waals surface area contributed by atoms with Crippen LogP contribution in [0.25, 0.3) is 11.3 Å². The van der Waals surface area contributed by atoms with E-state index in [1.807, 2.05) is 19.2 Å². The van der Waals surface area contributed by atoms with Gasteiger partial charge in [0.25, 0.3) is 0 Å². The van der Waals surface area contributed by atoms with Crippen LogP contribution in [0.5, 0.6) is 0 Å². The number of anilines is 1. The van der Waals surface area contributed by atoms with Gasteiger partial charge in [0, 0.05) is 25.0 Å². The molecule has 0 saturated carbocycles. The molecular weight excluding hydrogens is 176 g/mol. The van der Waals surface area contributed by atoms with E-state index in [1.54, 1.807) is 24.8 Å². The molecule has 0 atom stereocenters. The molecule has 0 unspecified atom stereocenters. The van der Waals surface area contributed by atoms with Crippen LogP contribution < -0.4 is 5.32 Å². The Morgan fingerprint density at radius 3 is 2.64 bits per heavy atom. The minimum atomic E-state index is 0.762. The normalized spacial score (nSPS) is 9.79. The standard InChI is InChI=1S/C10H10N4/c1-11-10-7-13-9(6-14-10)8-3-2-4-12-5-8/h2-7H,1H3,(H,11,14). The van der Waals surface area contributed by atoms with Gasteiger partial charge in [-0.2, -0.15) is 0 Å². The summed E-state index contributed by atoms with van der Waals surface area (Å²) in [4.78, 5) is 12.4. The van der Waals surface area contributed by atoms with E-state index in [1.165, 1.54) is 0 Å². The van der Waals surface area contributed by atoms with E-state index in [-0.39, 0.29) is 0 Å². The third-order valence-corrected chi connectivity index (χ3v) is 1.87. The van der Waals surface area contributed by atoms with E-state index in [9.17, 15) is 0 Å². The number of pyridine rings is 1. The van der Waals surface area contributed by atoms with Crippen LogP contribution in [0.2, 0.25) is 0 Å². The van der Waals surface area contributed by atoms with E-state index < -0.39 is 0 Å². The summed E-state index contributed by atoms with van der Waals surface area (Å²) in [7, 11) is 1.81. The summed E-state index contributed by atoms with van der Waals surface area (Å²) in [6, 6.07) is 3.83. The number of nitrogens with zero attached hydrogens (tertiary/aromatic N) is 3. The minimum Gasteiger partial charge on any atom is -0.372 e. The molecule has 0 aliphatic rings. The van der Waals surface area contributed by atoms with Gasteiger partial charge in [0.15, 0.2) is 0 Å². The molecule has 14 heavy (non-hydrogen) atoms. The first kappa shape index (κ1) is 8.62. The fourth-order valence-electron chi connectivity index (χ4n) is 1.12. The zero-order valence-corrected chi connectivity index (χ0v) is 7.81. The van der Waals surface area contributed by atoms with E-state index in [2.05, 4.69) is 20.3 Å². The molecular formula is C10H10N4. The highest BCUT2D eigenvalue weighted by Crippen LogP contribution is 2.14. The van der Waals surface area contributed by atoms with Crippen molar-refractivity contribution in [2.45, 2.75) is 0 Å². The zero-order valence-electron chi connectivity index (χ0n) is 7.81. The molecule has 4 heteroatoms. The van der Waals surface area contributed by atoms with Gasteiger partial charge in [-0.3, -0.25) is 9.97 Å². The average molecular weight is 186 g/mol. The Hall–Kier alpha value is -1.97. The largest absolute Gasteiger partial charge is 0.372 e. The van der Waals surface area contributed by atoms with E-state index in [0.29, 0.717) is 0 Å². The van der Waals surface area contributed by atoms with Crippen LogP contribution in [-0.4, -0.2) is 22.0 Å². The van der Waals surface area contributed by atoms with Gasteiger partial charge in [-0.15, -0.1) is 0 Å². The lowest BCUT2D eigenvalue weighted by molar-refractivity contribution is 1.18. The van der Waals surface area contributed by atoms with Crippen molar-refractivity contribution in [1.29, 1.82) is 0 Å². The van der Waals surface area contributed by atoms with Gasteiger partial charge < -0.3 is 5.32 Å². The van der Waals surface area contributed by atoms with Crippen LogP contribution in [0.1, 0.15) is 0 Å². The van der Waals surface area contributed by atoms with Crippen LogP contribution in [0.3, 0.4) is 0 Å². The van der Waals surface area contributed by atoms with Crippen molar-refractivity contribution in [2.75, 3.05) is 12.4 Å². The topological polar surface area (TPSA) is 50.7 Å². The molecule has 0 aliphatic carbocycles. The molecule has 0 spiro atoms. The Morgan fingerprint density at radius 1 is 1.14 bits per heavy atom. The lowest BCUT2D eigenvalue weighted by Crippen LogP contribution is -1.93. The lowest BCUT2D eigenvalue weighted by Gasteiger charge is -2.00. The predicted octanol–water partition coefficient (Wildman–Crippen LogP) is 1.58. The van der Waals surface area contributed by atoms with Crippen LogP contribution in [0.15, 0.2) is 36.9 Å². The number of nitrogens with one attached hydrogen (secondary N) is 1. The molecule has 0 saturated heterocycles. The summed E-state index contributed by atoms with van der Waals surface area (Å²) in [5, 5.41) is 2.92. The first-order valence-electron chi connectivity index (χ1n) is 4.30. The molecule has 2 heterocycles. The van der Waals surface area contributed by atoms with Crippen LogP contribution in [-0.2, 0) is 0 Å². The lowest BCUT2D eigenvalue weighted by atomic mass is 10.2. The van der Waals surface area contributed by atoms with Crippen molar-refractivity contribution in [3.63, 3.8) is 0 Å². The van der Waals surface area contributed by atoms with Crippen molar-refractivity contribution in [3.05, 3.63) is 36.9 Å². The summed E-state index contributed by atoms with van der Waals surface area (Å²) in [5.74, 6) is 0.762. The SMILES string of the molecule is CNc1cnc(-c2cccnc2)cn1. The quantitative estimate of drug-likeness (QED) is 0.773. The van der Waals surface area contributed by atoms with Crippen molar-refractivity contribution in [1.82, 2.24) is 15.0 Å². The van der Waals surface area contributed by atoms with Gasteiger partial charge in [0.1, 0.15) is 5.82 Å². The van der Waals surface area contributed by atoms with Crippen molar-refractivity contribution >= 4 is 5.82 Å². The predicted molar refractivity (Wildman–Crippen MR) is 54.8 cm³/mol. The number of hydrogen-bond acceptors (Lipinski definition) is 4. The fourth-order valence-corrected chi connectivity index (χ4v) is 1.12. The maximum absolute atomic E-state index is 4.25. The molecule has 1 N–H and O–H groups in total. The molecule has 0 aromatic carbocycles. The summed E-state index contributed by atoms with van der Waals surface area (Å²) in [6.07, 6.45) is 6.92. The van der Waals surface area contributed by atoms with Gasteiger partial charge in [-0.25, -0.2) is 4.98 Å². The van der Waals surface area contributed by atoms with Crippen molar-refractivity contribution < 1.29 is 0 Å². The summed E-state index contributed by atoms with van der Waals surface area (Å²) in [5.41, 5.74) is 1.81. The maximum Gasteiger partial charge on any atom is 0.144 e. The van der Waals surface area contributed by atoms with Crippen LogP contribution >= 0.6 is 0 Å². The summed E-state index contributed by atoms with van der Waals surface area (Å²) in [6.45, 7) is 0. The third kappa shape index (κ3) is 1.69. The third-order valence-electron chi connectivity index (χ3n) is 1.87. The summed E-state index contributed by atoms with van der Waals surface area (Å²) >= 11 is 0. The number of hydrogen-bond donors (Lipinski definition) is 1. The molecule has 0 amide bonds. The molecule has 0 bridgehead atoms. The molecule has 0 radical (unpaired) electrons. The van der Waals surface area contributed by atoms with Crippen molar-refractivity contribution in [3.8, 4) is 11.3 Å². The highest BCUT2D eigenvalue weighted by atomic mass is 15.0. The van der Waals surface area contributed by atoms with E-state index in [4.69, 9.17) is 0 Å². The number of rotatable bonds is 2. The summed E-state index contributed by atoms with van der Waals surface area (Å²) < 4.78 is 0. The Morgan fingerprint density at radius 2 is 2.07 bits per heavy atom. The smallest absolute Gasteiger partial charge is 0.144 e. The van der Waals surface area contributed by atoms with Gasteiger partial charge in [0.2, 0.25) is 0 Å². The first-order chi connectivity index (χ1) is 6.90. The second-order valence-corrected chi connectivity index (χ2v) is 2.78. The minimum absolute atomic E-state index is 0.762. The van der Waals surface area contributed by atoms with Crippen LogP contribution in [0.4, 0.5) is 5.82 Å². The molecule has 2 aromatic rings. The Labute approximate surface area is 82.1 Å². The first-order valence-corrected chi connectivity index (χ1v) is 4.30. The monoisotopic (exact) mass is 186 g/mol. The molecule has 2 aromatic heterocycles. The van der Waals surface area contributed by atoms with Crippen LogP contribution in [0, 0.1) is 0 Å². The van der Waals surface area contributed by atoms with E-state index in [0.717, 1.165) is 17.1 Å². The Kier molecular flexibility index (Phi) is 2.36. The van der Waals surface area contributed by atoms with Gasteiger partial charge in [-0.05, 0) is 12.1 Å². The molecule has 0 fully saturated rings. The van der Waals surface area contributed by atoms with Gasteiger partial charge in [-0.1, -0.05) is 0 Å². The number of aromatic nitrogens is 3. The Bertz CT molecular complexity index is 396. The Balaban J connectivity index is 2.34. The molecule has 2 rings (SSSR count). The van der Waals surface area contributed by atoms with Gasteiger partial charge >= 0.3 is 0 Å². The second kappa shape index (κ2) is 3.83. The molecule has 0 aliphatic heterocycles.